The molecule has 2 bridgehead atoms. The number of thiocarbonyl (C=S) groups is 1. The maximum absolute atomic E-state index is 5.59. The van der Waals surface area contributed by atoms with Gasteiger partial charge in [0.1, 0.15) is 0 Å². The zero-order valence-electron chi connectivity index (χ0n) is 12.5. The fourth-order valence-corrected chi connectivity index (χ4v) is 4.99. The van der Waals surface area contributed by atoms with Gasteiger partial charge in [-0.05, 0) is 73.7 Å². The lowest BCUT2D eigenvalue weighted by molar-refractivity contribution is 0.386. The molecule has 3 heteroatoms. The van der Waals surface area contributed by atoms with E-state index in [1.165, 1.54) is 56.1 Å². The van der Waals surface area contributed by atoms with Gasteiger partial charge in [0.05, 0.1) is 6.04 Å². The van der Waals surface area contributed by atoms with Crippen molar-refractivity contribution in [2.75, 3.05) is 0 Å². The summed E-state index contributed by atoms with van der Waals surface area (Å²) < 4.78 is 0. The minimum absolute atomic E-state index is 0.397. The predicted octanol–water partition coefficient (Wildman–Crippen LogP) is 3.72. The first-order valence-corrected chi connectivity index (χ1v) is 8.85. The average molecular weight is 300 g/mol. The van der Waals surface area contributed by atoms with Crippen molar-refractivity contribution in [2.45, 2.75) is 57.0 Å². The highest BCUT2D eigenvalue weighted by Gasteiger charge is 2.39. The summed E-state index contributed by atoms with van der Waals surface area (Å²) in [7, 11) is 0. The van der Waals surface area contributed by atoms with Crippen LogP contribution >= 0.6 is 12.2 Å². The normalized spacial score (nSPS) is 33.5. The second-order valence-corrected chi connectivity index (χ2v) is 7.45. The Hall–Kier alpha value is -1.09. The van der Waals surface area contributed by atoms with Gasteiger partial charge in [-0.2, -0.15) is 0 Å². The Morgan fingerprint density at radius 2 is 1.95 bits per heavy atom. The maximum atomic E-state index is 5.59. The number of hydrogen-bond acceptors (Lipinski definition) is 1. The summed E-state index contributed by atoms with van der Waals surface area (Å²) in [4.78, 5) is 0. The summed E-state index contributed by atoms with van der Waals surface area (Å²) in [6.07, 6.45) is 9.25. The van der Waals surface area contributed by atoms with Gasteiger partial charge in [0.2, 0.25) is 0 Å². The largest absolute Gasteiger partial charge is 0.360 e. The van der Waals surface area contributed by atoms with Gasteiger partial charge in [-0.3, -0.25) is 0 Å². The first kappa shape index (κ1) is 13.6. The molecule has 112 valence electrons. The summed E-state index contributed by atoms with van der Waals surface area (Å²) in [5.74, 6) is 1.83. The van der Waals surface area contributed by atoms with Crippen molar-refractivity contribution in [1.82, 2.24) is 10.6 Å². The number of hydrogen-bond donors (Lipinski definition) is 2. The lowest BCUT2D eigenvalue weighted by atomic mass is 9.88. The van der Waals surface area contributed by atoms with E-state index in [1.807, 2.05) is 0 Å². The number of rotatable bonds is 2. The molecule has 0 spiro atoms. The topological polar surface area (TPSA) is 24.1 Å². The summed E-state index contributed by atoms with van der Waals surface area (Å²) in [5.41, 5.74) is 2.94. The average Bonchev–Trinajstić information content (AvgIpc) is 3.10. The van der Waals surface area contributed by atoms with Gasteiger partial charge in [-0.1, -0.05) is 30.7 Å². The van der Waals surface area contributed by atoms with Gasteiger partial charge >= 0.3 is 0 Å². The fraction of sp³-hybridized carbons (Fsp3) is 0.611. The van der Waals surface area contributed by atoms with Gasteiger partial charge in [-0.15, -0.1) is 0 Å². The third-order valence-corrected chi connectivity index (χ3v) is 5.97. The molecule has 0 radical (unpaired) electrons. The molecule has 4 rings (SSSR count). The third-order valence-electron chi connectivity index (χ3n) is 5.73. The molecule has 0 aromatic heterocycles. The van der Waals surface area contributed by atoms with Crippen molar-refractivity contribution in [3.05, 3.63) is 35.4 Å². The molecule has 4 unspecified atom stereocenters. The quantitative estimate of drug-likeness (QED) is 0.814. The zero-order chi connectivity index (χ0) is 14.2. The number of nitrogens with one attached hydrogen (secondary N) is 2. The fourth-order valence-electron chi connectivity index (χ4n) is 4.69. The molecule has 0 aliphatic heterocycles. The predicted molar refractivity (Wildman–Crippen MR) is 90.2 cm³/mol. The summed E-state index contributed by atoms with van der Waals surface area (Å²) in [5, 5.41) is 8.06. The van der Waals surface area contributed by atoms with Gasteiger partial charge in [0, 0.05) is 6.04 Å². The van der Waals surface area contributed by atoms with E-state index >= 15 is 0 Å². The van der Waals surface area contributed by atoms with Crippen LogP contribution in [0.15, 0.2) is 24.3 Å². The van der Waals surface area contributed by atoms with Crippen LogP contribution in [0.4, 0.5) is 0 Å². The Labute approximate surface area is 132 Å². The molecule has 1 aromatic rings. The van der Waals surface area contributed by atoms with Crippen LogP contribution in [0.2, 0.25) is 0 Å². The third kappa shape index (κ3) is 2.68. The van der Waals surface area contributed by atoms with Gasteiger partial charge < -0.3 is 10.6 Å². The molecule has 0 amide bonds. The van der Waals surface area contributed by atoms with Gasteiger partial charge in [-0.25, -0.2) is 0 Å². The Morgan fingerprint density at radius 1 is 1.05 bits per heavy atom. The first-order valence-electron chi connectivity index (χ1n) is 8.44. The maximum Gasteiger partial charge on any atom is 0.167 e. The Kier molecular flexibility index (Phi) is 3.62. The second-order valence-electron chi connectivity index (χ2n) is 7.04. The molecule has 1 aromatic carbocycles. The zero-order valence-corrected chi connectivity index (χ0v) is 13.3. The van der Waals surface area contributed by atoms with E-state index in [2.05, 4.69) is 34.9 Å². The monoisotopic (exact) mass is 300 g/mol. The van der Waals surface area contributed by atoms with Crippen LogP contribution in [0, 0.1) is 11.8 Å². The van der Waals surface area contributed by atoms with Crippen LogP contribution in [-0.4, -0.2) is 11.2 Å². The molecule has 4 atom stereocenters. The molecule has 3 aliphatic rings. The molecule has 2 fully saturated rings. The number of aryl methyl sites for hydroxylation is 1. The van der Waals surface area contributed by atoms with Crippen molar-refractivity contribution in [3.8, 4) is 0 Å². The van der Waals surface area contributed by atoms with E-state index in [0.29, 0.717) is 12.1 Å². The Morgan fingerprint density at radius 3 is 2.76 bits per heavy atom. The molecule has 2 N–H and O–H groups in total. The highest BCUT2D eigenvalue weighted by atomic mass is 32.1. The minimum atomic E-state index is 0.397. The van der Waals surface area contributed by atoms with Gasteiger partial charge in [0.25, 0.3) is 0 Å². The molecule has 2 nitrogen and oxygen atoms in total. The Bertz CT molecular complexity index is 542. The van der Waals surface area contributed by atoms with Crippen LogP contribution in [0.5, 0.6) is 0 Å². The lowest BCUT2D eigenvalue weighted by Gasteiger charge is -2.30. The van der Waals surface area contributed by atoms with E-state index in [1.54, 1.807) is 0 Å². The molecular formula is C18H24N2S. The van der Waals surface area contributed by atoms with Crippen LogP contribution in [0.1, 0.15) is 55.7 Å². The molecule has 3 aliphatic carbocycles. The molecule has 2 saturated carbocycles. The van der Waals surface area contributed by atoms with E-state index in [9.17, 15) is 0 Å². The first-order chi connectivity index (χ1) is 10.3. The minimum Gasteiger partial charge on any atom is -0.360 e. The van der Waals surface area contributed by atoms with Crippen molar-refractivity contribution in [1.29, 1.82) is 0 Å². The van der Waals surface area contributed by atoms with Crippen LogP contribution in [-0.2, 0) is 6.42 Å². The number of fused-ring (bicyclic) bond motifs is 3. The molecule has 0 saturated heterocycles. The summed E-state index contributed by atoms with van der Waals surface area (Å²) in [6, 6.07) is 9.83. The molecule has 0 heterocycles. The molecule has 21 heavy (non-hydrogen) atoms. The Balaban J connectivity index is 1.39. The van der Waals surface area contributed by atoms with Crippen molar-refractivity contribution in [3.63, 3.8) is 0 Å². The lowest BCUT2D eigenvalue weighted by Crippen LogP contribution is -2.45. The van der Waals surface area contributed by atoms with E-state index < -0.39 is 0 Å². The number of benzene rings is 1. The van der Waals surface area contributed by atoms with Crippen molar-refractivity contribution >= 4 is 17.3 Å². The van der Waals surface area contributed by atoms with Crippen LogP contribution < -0.4 is 10.6 Å². The SMILES string of the molecule is S=C(NC1CCCc2ccccc21)NC1CC2CCC1C2. The van der Waals surface area contributed by atoms with E-state index in [0.717, 1.165) is 16.9 Å². The smallest absolute Gasteiger partial charge is 0.167 e. The van der Waals surface area contributed by atoms with E-state index in [-0.39, 0.29) is 0 Å². The van der Waals surface area contributed by atoms with Crippen LogP contribution in [0.25, 0.3) is 0 Å². The summed E-state index contributed by atoms with van der Waals surface area (Å²) >= 11 is 5.59. The van der Waals surface area contributed by atoms with Crippen molar-refractivity contribution in [2.24, 2.45) is 11.8 Å². The van der Waals surface area contributed by atoms with E-state index in [4.69, 9.17) is 12.2 Å². The second kappa shape index (κ2) is 5.60. The molecular weight excluding hydrogens is 276 g/mol. The summed E-state index contributed by atoms with van der Waals surface area (Å²) in [6.45, 7) is 0. The standard InChI is InChI=1S/C18H24N2S/c21-18(20-17-11-12-8-9-14(17)10-12)19-16-7-3-5-13-4-1-2-6-15(13)16/h1-2,4,6,12,14,16-17H,3,5,7-11H2,(H2,19,20,21). The highest BCUT2D eigenvalue weighted by Crippen LogP contribution is 2.44. The van der Waals surface area contributed by atoms with Gasteiger partial charge in [0.15, 0.2) is 5.11 Å². The van der Waals surface area contributed by atoms with Crippen LogP contribution in [0.3, 0.4) is 0 Å². The van der Waals surface area contributed by atoms with Crippen molar-refractivity contribution < 1.29 is 0 Å². The highest BCUT2D eigenvalue weighted by molar-refractivity contribution is 7.80.